The van der Waals surface area contributed by atoms with Crippen LogP contribution in [0.1, 0.15) is 25.3 Å². The van der Waals surface area contributed by atoms with Gasteiger partial charge in [-0.1, -0.05) is 19.1 Å². The van der Waals surface area contributed by atoms with Crippen molar-refractivity contribution in [3.05, 3.63) is 52.3 Å². The van der Waals surface area contributed by atoms with E-state index < -0.39 is 0 Å². The fourth-order valence-electron chi connectivity index (χ4n) is 5.23. The zero-order valence-electron chi connectivity index (χ0n) is 22.8. The lowest BCUT2D eigenvalue weighted by molar-refractivity contribution is -0.121. The van der Waals surface area contributed by atoms with Crippen LogP contribution in [0.2, 0.25) is 0 Å². The number of fused-ring (bicyclic) bond motifs is 3. The number of pyridine rings is 1. The minimum atomic E-state index is -0.121. The number of morpholine rings is 1. The van der Waals surface area contributed by atoms with Crippen molar-refractivity contribution < 1.29 is 23.7 Å². The molecule has 1 amide bonds. The molecule has 1 aromatic heterocycles. The van der Waals surface area contributed by atoms with E-state index in [1.165, 1.54) is 0 Å². The number of carbonyl (C=O) groups is 1. The molecule has 9 heteroatoms. The lowest BCUT2D eigenvalue weighted by atomic mass is 9.96. The van der Waals surface area contributed by atoms with E-state index in [0.29, 0.717) is 53.5 Å². The third kappa shape index (κ3) is 6.04. The number of benzene rings is 2. The van der Waals surface area contributed by atoms with Crippen LogP contribution in [-0.4, -0.2) is 75.1 Å². The highest BCUT2D eigenvalue weighted by atomic mass is 16.5. The molecule has 0 radical (unpaired) electrons. The van der Waals surface area contributed by atoms with Gasteiger partial charge in [0, 0.05) is 49.6 Å². The van der Waals surface area contributed by atoms with Crippen LogP contribution >= 0.6 is 0 Å². The third-order valence-corrected chi connectivity index (χ3v) is 7.23. The molecule has 9 nitrogen and oxygen atoms in total. The van der Waals surface area contributed by atoms with E-state index in [2.05, 4.69) is 10.2 Å². The van der Waals surface area contributed by atoms with Crippen molar-refractivity contribution in [2.75, 3.05) is 59.7 Å². The Hall–Kier alpha value is -3.56. The normalized spacial score (nSPS) is 15.4. The molecule has 0 atom stereocenters. The Labute approximate surface area is 228 Å². The number of aryl methyl sites for hydroxylation is 1. The predicted octanol–water partition coefficient (Wildman–Crippen LogP) is 3.24. The van der Waals surface area contributed by atoms with Crippen LogP contribution in [0.25, 0.3) is 22.0 Å². The Balaban J connectivity index is 1.56. The quantitative estimate of drug-likeness (QED) is 0.426. The third-order valence-electron chi connectivity index (χ3n) is 7.23. The smallest absolute Gasteiger partial charge is 0.239 e. The molecule has 0 bridgehead atoms. The number of hydrogen-bond acceptors (Lipinski definition) is 7. The molecule has 0 spiro atoms. The average Bonchev–Trinajstić information content (AvgIpc) is 2.97. The van der Waals surface area contributed by atoms with Crippen LogP contribution in [0, 0.1) is 0 Å². The van der Waals surface area contributed by atoms with Crippen LogP contribution in [0.4, 0.5) is 0 Å². The summed E-state index contributed by atoms with van der Waals surface area (Å²) in [6.07, 6.45) is 4.15. The molecule has 1 saturated heterocycles. The van der Waals surface area contributed by atoms with Crippen molar-refractivity contribution in [3.63, 3.8) is 0 Å². The summed E-state index contributed by atoms with van der Waals surface area (Å²) in [5.74, 6) is 1.84. The summed E-state index contributed by atoms with van der Waals surface area (Å²) in [6.45, 7) is 7.70. The topological polar surface area (TPSA) is 91.3 Å². The number of aromatic nitrogens is 1. The monoisotopic (exact) mass is 535 g/mol. The second-order valence-corrected chi connectivity index (χ2v) is 9.91. The molecule has 2 aromatic carbocycles. The molecule has 0 saturated carbocycles. The molecular weight excluding hydrogens is 498 g/mol. The number of methoxy groups -OCH3 is 1. The summed E-state index contributed by atoms with van der Waals surface area (Å²) in [5.41, 5.74) is 2.70. The first kappa shape index (κ1) is 27.0. The highest BCUT2D eigenvalue weighted by molar-refractivity contribution is 5.94. The van der Waals surface area contributed by atoms with Gasteiger partial charge in [0.25, 0.3) is 0 Å². The van der Waals surface area contributed by atoms with Crippen molar-refractivity contribution in [2.45, 2.75) is 32.7 Å². The number of rotatable bonds is 10. The van der Waals surface area contributed by atoms with Gasteiger partial charge < -0.3 is 28.8 Å². The van der Waals surface area contributed by atoms with Crippen molar-refractivity contribution in [2.24, 2.45) is 0 Å². The van der Waals surface area contributed by atoms with Gasteiger partial charge in [-0.25, -0.2) is 0 Å². The van der Waals surface area contributed by atoms with Crippen LogP contribution in [0.15, 0.2) is 41.3 Å². The van der Waals surface area contributed by atoms with Crippen molar-refractivity contribution >= 4 is 16.8 Å². The van der Waals surface area contributed by atoms with Crippen LogP contribution in [0.5, 0.6) is 17.2 Å². The van der Waals surface area contributed by atoms with Crippen molar-refractivity contribution in [3.8, 4) is 28.4 Å². The number of nitrogens with zero attached hydrogens (tertiary/aromatic N) is 2. The molecule has 1 N–H and O–H groups in total. The standard InChI is InChI=1S/C30H37N3O6/c1-3-14-38-26-18-25-23(5-4-15-39-25)28-29(26)33(20-27(34)31-10-11-32-12-16-37-17-13-32)19-24(30(28)35)21-6-8-22(36-2)9-7-21/h6-9,18-19H,3-5,10-17,20H2,1-2H3,(H,31,34). The first-order chi connectivity index (χ1) is 19.1. The number of amides is 1. The molecule has 39 heavy (non-hydrogen) atoms. The van der Waals surface area contributed by atoms with Crippen molar-refractivity contribution in [1.29, 1.82) is 0 Å². The highest BCUT2D eigenvalue weighted by Crippen LogP contribution is 2.38. The Morgan fingerprint density at radius 3 is 2.67 bits per heavy atom. The molecule has 3 aromatic rings. The summed E-state index contributed by atoms with van der Waals surface area (Å²) in [6, 6.07) is 9.29. The van der Waals surface area contributed by atoms with Gasteiger partial charge in [0.1, 0.15) is 23.8 Å². The average molecular weight is 536 g/mol. The predicted molar refractivity (Wildman–Crippen MR) is 150 cm³/mol. The van der Waals surface area contributed by atoms with Gasteiger partial charge in [0.2, 0.25) is 5.91 Å². The molecule has 5 rings (SSSR count). The Morgan fingerprint density at radius 1 is 1.13 bits per heavy atom. The number of ether oxygens (including phenoxy) is 4. The fourth-order valence-corrected chi connectivity index (χ4v) is 5.23. The van der Waals surface area contributed by atoms with E-state index >= 15 is 0 Å². The maximum absolute atomic E-state index is 14.1. The second kappa shape index (κ2) is 12.5. The maximum atomic E-state index is 14.1. The molecule has 0 unspecified atom stereocenters. The molecule has 2 aliphatic heterocycles. The summed E-state index contributed by atoms with van der Waals surface area (Å²) in [5, 5.41) is 3.62. The van der Waals surface area contributed by atoms with Gasteiger partial charge in [-0.2, -0.15) is 0 Å². The van der Waals surface area contributed by atoms with E-state index in [-0.39, 0.29) is 17.9 Å². The van der Waals surface area contributed by atoms with Gasteiger partial charge in [-0.15, -0.1) is 0 Å². The summed E-state index contributed by atoms with van der Waals surface area (Å²) < 4.78 is 24.7. The maximum Gasteiger partial charge on any atom is 0.239 e. The van der Waals surface area contributed by atoms with E-state index in [0.717, 1.165) is 63.2 Å². The molecule has 2 aliphatic rings. The Kier molecular flexibility index (Phi) is 8.68. The van der Waals surface area contributed by atoms with Crippen LogP contribution < -0.4 is 25.0 Å². The summed E-state index contributed by atoms with van der Waals surface area (Å²) in [4.78, 5) is 29.6. The summed E-state index contributed by atoms with van der Waals surface area (Å²) >= 11 is 0. The zero-order valence-corrected chi connectivity index (χ0v) is 22.8. The van der Waals surface area contributed by atoms with Crippen molar-refractivity contribution in [1.82, 2.24) is 14.8 Å². The Bertz CT molecular complexity index is 1360. The van der Waals surface area contributed by atoms with Gasteiger partial charge in [0.05, 0.1) is 44.4 Å². The first-order valence-electron chi connectivity index (χ1n) is 13.8. The molecular formula is C30H37N3O6. The van der Waals surface area contributed by atoms with Gasteiger partial charge in [-0.3, -0.25) is 14.5 Å². The zero-order chi connectivity index (χ0) is 27.2. The SMILES string of the molecule is CCCOc1cc2c(c3c(=O)c(-c4ccc(OC)cc4)cn(CC(=O)NCCN4CCOCC4)c13)CCCO2. The molecule has 208 valence electrons. The highest BCUT2D eigenvalue weighted by Gasteiger charge is 2.24. The Morgan fingerprint density at radius 2 is 1.92 bits per heavy atom. The van der Waals surface area contributed by atoms with Gasteiger partial charge in [0.15, 0.2) is 5.43 Å². The van der Waals surface area contributed by atoms with E-state index in [4.69, 9.17) is 18.9 Å². The van der Waals surface area contributed by atoms with Gasteiger partial charge in [-0.05, 0) is 37.0 Å². The largest absolute Gasteiger partial charge is 0.497 e. The second-order valence-electron chi connectivity index (χ2n) is 9.91. The van der Waals surface area contributed by atoms with Crippen LogP contribution in [-0.2, 0) is 22.5 Å². The van der Waals surface area contributed by atoms with E-state index in [9.17, 15) is 9.59 Å². The lowest BCUT2D eigenvalue weighted by Crippen LogP contribution is -2.41. The lowest BCUT2D eigenvalue weighted by Gasteiger charge is -2.26. The molecule has 1 fully saturated rings. The summed E-state index contributed by atoms with van der Waals surface area (Å²) in [7, 11) is 1.61. The minimum absolute atomic E-state index is 0.0607. The molecule has 3 heterocycles. The van der Waals surface area contributed by atoms with Gasteiger partial charge >= 0.3 is 0 Å². The van der Waals surface area contributed by atoms with E-state index in [1.807, 2.05) is 41.8 Å². The van der Waals surface area contributed by atoms with E-state index in [1.54, 1.807) is 13.3 Å². The number of hydrogen-bond donors (Lipinski definition) is 1. The number of carbonyl (C=O) groups excluding carboxylic acids is 1. The minimum Gasteiger partial charge on any atom is -0.497 e. The first-order valence-corrected chi connectivity index (χ1v) is 13.8. The van der Waals surface area contributed by atoms with Crippen LogP contribution in [0.3, 0.4) is 0 Å². The number of nitrogens with one attached hydrogen (secondary N) is 1. The fraction of sp³-hybridized carbons (Fsp3) is 0.467. The molecule has 0 aliphatic carbocycles.